The predicted molar refractivity (Wildman–Crippen MR) is 77.1 cm³/mol. The lowest BCUT2D eigenvalue weighted by molar-refractivity contribution is 0.530. The molecule has 0 atom stereocenters. The van der Waals surface area contributed by atoms with Crippen LogP contribution in [0.15, 0.2) is 29.2 Å². The molecule has 0 spiro atoms. The molecule has 1 rings (SSSR count). The Bertz CT molecular complexity index is 567. The second-order valence-corrected chi connectivity index (χ2v) is 5.88. The van der Waals surface area contributed by atoms with Crippen LogP contribution in [0.5, 0.6) is 0 Å². The summed E-state index contributed by atoms with van der Waals surface area (Å²) in [6, 6.07) is 6.54. The molecule has 3 N–H and O–H groups in total. The van der Waals surface area contributed by atoms with Crippen LogP contribution >= 0.6 is 0 Å². The standard InChI is InChI=1S/C14H20N2O2S/c1-3-13(4-2)16-19(17,18)14-9-5-7-12(11-14)8-6-10-15/h5,7,9,11,13,16H,3-4,10,15H2,1-2H3. The molecule has 0 aliphatic heterocycles. The van der Waals surface area contributed by atoms with Crippen molar-refractivity contribution in [1.29, 1.82) is 0 Å². The van der Waals surface area contributed by atoms with Crippen LogP contribution in [0.25, 0.3) is 0 Å². The molecule has 4 nitrogen and oxygen atoms in total. The normalized spacial score (nSPS) is 11.2. The first-order valence-electron chi connectivity index (χ1n) is 6.34. The van der Waals surface area contributed by atoms with E-state index in [0.29, 0.717) is 5.56 Å². The smallest absolute Gasteiger partial charge is 0.240 e. The van der Waals surface area contributed by atoms with Gasteiger partial charge in [0.05, 0.1) is 11.4 Å². The number of benzene rings is 1. The van der Waals surface area contributed by atoms with Crippen molar-refractivity contribution in [2.45, 2.75) is 37.6 Å². The summed E-state index contributed by atoms with van der Waals surface area (Å²) < 4.78 is 27.1. The second kappa shape index (κ2) is 7.29. The Morgan fingerprint density at radius 2 is 2.00 bits per heavy atom. The minimum atomic E-state index is -3.48. The van der Waals surface area contributed by atoms with E-state index in [9.17, 15) is 8.42 Å². The highest BCUT2D eigenvalue weighted by Crippen LogP contribution is 2.12. The van der Waals surface area contributed by atoms with Gasteiger partial charge in [-0.2, -0.15) is 0 Å². The molecule has 19 heavy (non-hydrogen) atoms. The van der Waals surface area contributed by atoms with Crippen molar-refractivity contribution in [1.82, 2.24) is 4.72 Å². The fourth-order valence-corrected chi connectivity index (χ4v) is 3.08. The predicted octanol–water partition coefficient (Wildman–Crippen LogP) is 1.46. The molecular weight excluding hydrogens is 260 g/mol. The van der Waals surface area contributed by atoms with Gasteiger partial charge in [-0.15, -0.1) is 0 Å². The summed E-state index contributed by atoms with van der Waals surface area (Å²) in [6.07, 6.45) is 1.53. The Labute approximate surface area is 115 Å². The highest BCUT2D eigenvalue weighted by molar-refractivity contribution is 7.89. The van der Waals surface area contributed by atoms with Crippen LogP contribution in [0.4, 0.5) is 0 Å². The molecule has 5 heteroatoms. The summed E-state index contributed by atoms with van der Waals surface area (Å²) in [5.74, 6) is 5.54. The van der Waals surface area contributed by atoms with Gasteiger partial charge >= 0.3 is 0 Å². The molecule has 0 bridgehead atoms. The third-order valence-electron chi connectivity index (χ3n) is 2.79. The minimum absolute atomic E-state index is 0.0382. The monoisotopic (exact) mass is 280 g/mol. The van der Waals surface area contributed by atoms with E-state index in [1.165, 1.54) is 0 Å². The number of nitrogens with one attached hydrogen (secondary N) is 1. The van der Waals surface area contributed by atoms with E-state index in [-0.39, 0.29) is 17.5 Å². The van der Waals surface area contributed by atoms with E-state index in [0.717, 1.165) is 12.8 Å². The molecule has 1 aromatic carbocycles. The number of sulfonamides is 1. The molecule has 0 amide bonds. The lowest BCUT2D eigenvalue weighted by Gasteiger charge is -2.15. The van der Waals surface area contributed by atoms with E-state index in [1.54, 1.807) is 24.3 Å². The van der Waals surface area contributed by atoms with E-state index in [1.807, 2.05) is 13.8 Å². The highest BCUT2D eigenvalue weighted by Gasteiger charge is 2.17. The fraction of sp³-hybridized carbons (Fsp3) is 0.429. The van der Waals surface area contributed by atoms with Gasteiger partial charge in [0.25, 0.3) is 0 Å². The quantitative estimate of drug-likeness (QED) is 0.802. The maximum atomic E-state index is 12.2. The lowest BCUT2D eigenvalue weighted by Crippen LogP contribution is -2.33. The molecule has 104 valence electrons. The van der Waals surface area contributed by atoms with Gasteiger partial charge in [0.15, 0.2) is 0 Å². The Morgan fingerprint density at radius 1 is 1.32 bits per heavy atom. The van der Waals surface area contributed by atoms with E-state index < -0.39 is 10.0 Å². The van der Waals surface area contributed by atoms with Crippen LogP contribution in [0.1, 0.15) is 32.3 Å². The van der Waals surface area contributed by atoms with Crippen LogP contribution in [0, 0.1) is 11.8 Å². The average molecular weight is 280 g/mol. The van der Waals surface area contributed by atoms with Crippen molar-refractivity contribution in [2.75, 3.05) is 6.54 Å². The number of hydrogen-bond donors (Lipinski definition) is 2. The van der Waals surface area contributed by atoms with Crippen molar-refractivity contribution < 1.29 is 8.42 Å². The first kappa shape index (κ1) is 15.7. The van der Waals surface area contributed by atoms with Gasteiger partial charge in [-0.25, -0.2) is 13.1 Å². The maximum Gasteiger partial charge on any atom is 0.240 e. The third-order valence-corrected chi connectivity index (χ3v) is 4.30. The molecular formula is C14H20N2O2S. The summed E-state index contributed by atoms with van der Waals surface area (Å²) in [6.45, 7) is 4.17. The third kappa shape index (κ3) is 4.67. The van der Waals surface area contributed by atoms with Gasteiger partial charge in [-0.1, -0.05) is 31.8 Å². The van der Waals surface area contributed by atoms with Crippen LogP contribution in [-0.2, 0) is 10.0 Å². The van der Waals surface area contributed by atoms with Crippen molar-refractivity contribution >= 4 is 10.0 Å². The molecule has 0 unspecified atom stereocenters. The zero-order valence-electron chi connectivity index (χ0n) is 11.3. The summed E-state index contributed by atoms with van der Waals surface area (Å²) in [5.41, 5.74) is 5.95. The minimum Gasteiger partial charge on any atom is -0.320 e. The Morgan fingerprint density at radius 3 is 2.58 bits per heavy atom. The van der Waals surface area contributed by atoms with Crippen LogP contribution in [-0.4, -0.2) is 21.0 Å². The Balaban J connectivity index is 3.01. The summed E-state index contributed by atoms with van der Waals surface area (Å²) in [5, 5.41) is 0. The molecule has 0 radical (unpaired) electrons. The van der Waals surface area contributed by atoms with Crippen LogP contribution in [0.2, 0.25) is 0 Å². The zero-order valence-corrected chi connectivity index (χ0v) is 12.1. The first-order valence-corrected chi connectivity index (χ1v) is 7.83. The summed E-state index contributed by atoms with van der Waals surface area (Å²) >= 11 is 0. The van der Waals surface area contributed by atoms with Gasteiger partial charge in [0.2, 0.25) is 10.0 Å². The Hall–Kier alpha value is -1.35. The van der Waals surface area contributed by atoms with Crippen molar-refractivity contribution in [3.63, 3.8) is 0 Å². The number of hydrogen-bond acceptors (Lipinski definition) is 3. The van der Waals surface area contributed by atoms with Crippen LogP contribution < -0.4 is 10.5 Å². The second-order valence-electron chi connectivity index (χ2n) is 4.17. The average Bonchev–Trinajstić information content (AvgIpc) is 2.43. The van der Waals surface area contributed by atoms with E-state index in [4.69, 9.17) is 5.73 Å². The van der Waals surface area contributed by atoms with Crippen LogP contribution in [0.3, 0.4) is 0 Å². The molecule has 0 fully saturated rings. The van der Waals surface area contributed by atoms with E-state index >= 15 is 0 Å². The van der Waals surface area contributed by atoms with E-state index in [2.05, 4.69) is 16.6 Å². The van der Waals surface area contributed by atoms with Crippen molar-refractivity contribution in [3.8, 4) is 11.8 Å². The Kier molecular flexibility index (Phi) is 6.03. The van der Waals surface area contributed by atoms with Gasteiger partial charge in [-0.05, 0) is 31.0 Å². The molecule has 0 saturated heterocycles. The maximum absolute atomic E-state index is 12.2. The van der Waals surface area contributed by atoms with Gasteiger partial charge in [0.1, 0.15) is 0 Å². The molecule has 0 aliphatic carbocycles. The largest absolute Gasteiger partial charge is 0.320 e. The molecule has 0 saturated carbocycles. The summed E-state index contributed by atoms with van der Waals surface area (Å²) in [4.78, 5) is 0.239. The molecule has 1 aromatic rings. The highest BCUT2D eigenvalue weighted by atomic mass is 32.2. The van der Waals surface area contributed by atoms with Crippen molar-refractivity contribution in [3.05, 3.63) is 29.8 Å². The molecule has 0 heterocycles. The van der Waals surface area contributed by atoms with Gasteiger partial charge < -0.3 is 5.73 Å². The first-order chi connectivity index (χ1) is 9.03. The van der Waals surface area contributed by atoms with Gasteiger partial charge in [0, 0.05) is 11.6 Å². The van der Waals surface area contributed by atoms with Gasteiger partial charge in [-0.3, -0.25) is 0 Å². The molecule has 0 aliphatic rings. The fourth-order valence-electron chi connectivity index (χ4n) is 1.64. The molecule has 0 aromatic heterocycles. The SMILES string of the molecule is CCC(CC)NS(=O)(=O)c1cccc(C#CCN)c1. The summed E-state index contributed by atoms with van der Waals surface area (Å²) in [7, 11) is -3.48. The lowest BCUT2D eigenvalue weighted by atomic mass is 10.2. The number of nitrogens with two attached hydrogens (primary N) is 1. The topological polar surface area (TPSA) is 72.2 Å². The van der Waals surface area contributed by atoms with Crippen molar-refractivity contribution in [2.24, 2.45) is 5.73 Å². The number of rotatable bonds is 5. The zero-order chi connectivity index (χ0) is 14.3.